The molecule has 6 heteroatoms. The molecule has 0 aliphatic heterocycles. The van der Waals surface area contributed by atoms with E-state index in [9.17, 15) is 0 Å². The average molecular weight is 351 g/mol. The van der Waals surface area contributed by atoms with Gasteiger partial charge in [0.25, 0.3) is 0 Å². The van der Waals surface area contributed by atoms with Gasteiger partial charge in [0, 0.05) is 37.6 Å². The second kappa shape index (κ2) is 8.89. The number of nitrogens with zero attached hydrogens (tertiary/aromatic N) is 3. The Balaban J connectivity index is 1.57. The van der Waals surface area contributed by atoms with Gasteiger partial charge in [-0.1, -0.05) is 29.8 Å². The first kappa shape index (κ1) is 17.8. The zero-order chi connectivity index (χ0) is 18.2. The van der Waals surface area contributed by atoms with Gasteiger partial charge in [0.15, 0.2) is 11.7 Å². The molecule has 1 aromatic carbocycles. The van der Waals surface area contributed by atoms with Gasteiger partial charge < -0.3 is 19.6 Å². The van der Waals surface area contributed by atoms with Crippen LogP contribution in [0.15, 0.2) is 64.4 Å². The maximum Gasteiger partial charge on any atom is 0.216 e. The Bertz CT molecular complexity index is 818. The number of aromatic nitrogens is 2. The van der Waals surface area contributed by atoms with Crippen molar-refractivity contribution in [1.82, 2.24) is 20.2 Å². The first-order valence-corrected chi connectivity index (χ1v) is 8.89. The number of aryl methyl sites for hydroxylation is 1. The van der Waals surface area contributed by atoms with Crippen LogP contribution in [0.5, 0.6) is 0 Å². The van der Waals surface area contributed by atoms with E-state index in [2.05, 4.69) is 44.2 Å². The summed E-state index contributed by atoms with van der Waals surface area (Å²) >= 11 is 0. The summed E-state index contributed by atoms with van der Waals surface area (Å²) in [6.45, 7) is 6.98. The molecule has 0 aliphatic rings. The van der Waals surface area contributed by atoms with E-state index in [0.29, 0.717) is 12.4 Å². The van der Waals surface area contributed by atoms with Crippen LogP contribution < -0.4 is 10.6 Å². The summed E-state index contributed by atoms with van der Waals surface area (Å²) in [6, 6.07) is 12.2. The van der Waals surface area contributed by atoms with Crippen LogP contribution in [0.3, 0.4) is 0 Å². The largest absolute Gasteiger partial charge is 0.439 e. The van der Waals surface area contributed by atoms with Crippen molar-refractivity contribution in [3.63, 3.8) is 0 Å². The predicted molar refractivity (Wildman–Crippen MR) is 104 cm³/mol. The van der Waals surface area contributed by atoms with E-state index in [1.54, 1.807) is 6.20 Å². The molecular formula is C20H25N5O. The molecule has 0 fully saturated rings. The first-order chi connectivity index (χ1) is 12.7. The maximum absolute atomic E-state index is 5.82. The van der Waals surface area contributed by atoms with E-state index in [4.69, 9.17) is 4.42 Å². The lowest BCUT2D eigenvalue weighted by Crippen LogP contribution is -2.38. The highest BCUT2D eigenvalue weighted by Gasteiger charge is 2.06. The smallest absolute Gasteiger partial charge is 0.216 e. The lowest BCUT2D eigenvalue weighted by Gasteiger charge is -2.11. The lowest BCUT2D eigenvalue weighted by atomic mass is 10.1. The minimum atomic E-state index is 0.394. The zero-order valence-corrected chi connectivity index (χ0v) is 15.3. The van der Waals surface area contributed by atoms with Gasteiger partial charge in [0.1, 0.15) is 6.54 Å². The monoisotopic (exact) mass is 351 g/mol. The second-order valence-electron chi connectivity index (χ2n) is 6.03. The number of guanidine groups is 1. The normalized spacial score (nSPS) is 11.5. The summed E-state index contributed by atoms with van der Waals surface area (Å²) < 4.78 is 7.95. The molecule has 3 rings (SSSR count). The van der Waals surface area contributed by atoms with Crippen LogP contribution in [-0.2, 0) is 13.1 Å². The standard InChI is InChI=1S/C20H25N5O/c1-3-21-20(22-10-13-25-11-4-5-12-25)24-15-19-23-14-18(26-19)17-8-6-16(2)7-9-17/h4-9,11-12,14H,3,10,13,15H2,1-2H3,(H2,21,22,24). The van der Waals surface area contributed by atoms with Gasteiger partial charge in [-0.3, -0.25) is 0 Å². The van der Waals surface area contributed by atoms with Crippen molar-refractivity contribution >= 4 is 5.96 Å². The molecule has 0 radical (unpaired) electrons. The van der Waals surface area contributed by atoms with Crippen molar-refractivity contribution < 1.29 is 4.42 Å². The first-order valence-electron chi connectivity index (χ1n) is 8.89. The van der Waals surface area contributed by atoms with Crippen molar-refractivity contribution in [1.29, 1.82) is 0 Å². The van der Waals surface area contributed by atoms with Gasteiger partial charge in [-0.05, 0) is 26.0 Å². The maximum atomic E-state index is 5.82. The third-order valence-electron chi connectivity index (χ3n) is 3.93. The molecule has 0 saturated carbocycles. The van der Waals surface area contributed by atoms with Crippen LogP contribution >= 0.6 is 0 Å². The molecule has 2 N–H and O–H groups in total. The van der Waals surface area contributed by atoms with Crippen LogP contribution in [0.25, 0.3) is 11.3 Å². The van der Waals surface area contributed by atoms with Crippen molar-refractivity contribution in [2.45, 2.75) is 26.9 Å². The molecule has 3 aromatic rings. The minimum absolute atomic E-state index is 0.394. The van der Waals surface area contributed by atoms with E-state index < -0.39 is 0 Å². The molecule has 0 spiro atoms. The van der Waals surface area contributed by atoms with Crippen molar-refractivity contribution in [2.75, 3.05) is 13.1 Å². The van der Waals surface area contributed by atoms with E-state index in [1.807, 2.05) is 43.6 Å². The summed E-state index contributed by atoms with van der Waals surface area (Å²) in [4.78, 5) is 8.89. The Hall–Kier alpha value is -3.02. The molecular weight excluding hydrogens is 326 g/mol. The van der Waals surface area contributed by atoms with Gasteiger partial charge in [0.05, 0.1) is 6.20 Å². The van der Waals surface area contributed by atoms with E-state index in [0.717, 1.165) is 36.9 Å². The molecule has 6 nitrogen and oxygen atoms in total. The Morgan fingerprint density at radius 3 is 2.65 bits per heavy atom. The summed E-state index contributed by atoms with van der Waals surface area (Å²) in [5.41, 5.74) is 2.24. The highest BCUT2D eigenvalue weighted by molar-refractivity contribution is 5.79. The number of nitrogens with one attached hydrogen (secondary N) is 2. The molecule has 0 unspecified atom stereocenters. The van der Waals surface area contributed by atoms with Gasteiger partial charge in [-0.2, -0.15) is 0 Å². The van der Waals surface area contributed by atoms with E-state index in [1.165, 1.54) is 5.56 Å². The molecule has 0 bridgehead atoms. The highest BCUT2D eigenvalue weighted by Crippen LogP contribution is 2.20. The molecule has 0 aliphatic carbocycles. The van der Waals surface area contributed by atoms with Crippen molar-refractivity contribution in [3.8, 4) is 11.3 Å². The third-order valence-corrected chi connectivity index (χ3v) is 3.93. The van der Waals surface area contributed by atoms with Crippen LogP contribution in [0, 0.1) is 6.92 Å². The van der Waals surface area contributed by atoms with Crippen LogP contribution in [0.1, 0.15) is 18.4 Å². The fraction of sp³-hybridized carbons (Fsp3) is 0.300. The minimum Gasteiger partial charge on any atom is -0.439 e. The van der Waals surface area contributed by atoms with Gasteiger partial charge in [-0.15, -0.1) is 0 Å². The Kier molecular flexibility index (Phi) is 6.09. The van der Waals surface area contributed by atoms with Crippen molar-refractivity contribution in [2.24, 2.45) is 4.99 Å². The molecule has 136 valence electrons. The SMILES string of the molecule is CCNC(=NCc1ncc(-c2ccc(C)cc2)o1)NCCn1cccc1. The number of hydrogen-bond acceptors (Lipinski definition) is 3. The topological polar surface area (TPSA) is 67.4 Å². The predicted octanol–water partition coefficient (Wildman–Crippen LogP) is 3.21. The summed E-state index contributed by atoms with van der Waals surface area (Å²) in [5, 5.41) is 6.56. The fourth-order valence-corrected chi connectivity index (χ4v) is 2.55. The van der Waals surface area contributed by atoms with Crippen LogP contribution in [-0.4, -0.2) is 28.6 Å². The van der Waals surface area contributed by atoms with E-state index >= 15 is 0 Å². The number of oxazole rings is 1. The fourth-order valence-electron chi connectivity index (χ4n) is 2.55. The lowest BCUT2D eigenvalue weighted by molar-refractivity contribution is 0.509. The molecule has 26 heavy (non-hydrogen) atoms. The molecule has 0 amide bonds. The summed E-state index contributed by atoms with van der Waals surface area (Å²) in [5.74, 6) is 2.12. The summed E-state index contributed by atoms with van der Waals surface area (Å²) in [7, 11) is 0. The van der Waals surface area contributed by atoms with Crippen LogP contribution in [0.4, 0.5) is 0 Å². The second-order valence-corrected chi connectivity index (χ2v) is 6.03. The van der Waals surface area contributed by atoms with Crippen LogP contribution in [0.2, 0.25) is 0 Å². The van der Waals surface area contributed by atoms with Gasteiger partial charge in [-0.25, -0.2) is 9.98 Å². The summed E-state index contributed by atoms with van der Waals surface area (Å²) in [6.07, 6.45) is 5.85. The molecule has 2 aromatic heterocycles. The Morgan fingerprint density at radius 2 is 1.92 bits per heavy atom. The zero-order valence-electron chi connectivity index (χ0n) is 15.3. The average Bonchev–Trinajstić information content (AvgIpc) is 3.32. The van der Waals surface area contributed by atoms with E-state index in [-0.39, 0.29) is 0 Å². The molecule has 0 atom stereocenters. The number of rotatable bonds is 7. The van der Waals surface area contributed by atoms with Crippen molar-refractivity contribution in [3.05, 3.63) is 66.4 Å². The third kappa shape index (κ3) is 4.99. The Labute approximate surface area is 154 Å². The number of aliphatic imine (C=N–C) groups is 1. The highest BCUT2D eigenvalue weighted by atomic mass is 16.4. The number of hydrogen-bond donors (Lipinski definition) is 2. The quantitative estimate of drug-likeness (QED) is 0.507. The molecule has 2 heterocycles. The molecule has 0 saturated heterocycles. The van der Waals surface area contributed by atoms with Gasteiger partial charge >= 0.3 is 0 Å². The van der Waals surface area contributed by atoms with Gasteiger partial charge in [0.2, 0.25) is 5.89 Å². The Morgan fingerprint density at radius 1 is 1.15 bits per heavy atom. The number of benzene rings is 1.